The Morgan fingerprint density at radius 2 is 1.59 bits per heavy atom. The molecule has 1 amide bonds. The smallest absolute Gasteiger partial charge is 0.238 e. The largest absolute Gasteiger partial charge is 0.369 e. The van der Waals surface area contributed by atoms with Crippen molar-refractivity contribution in [2.75, 3.05) is 42.9 Å². The van der Waals surface area contributed by atoms with Crippen molar-refractivity contribution in [3.8, 4) is 0 Å². The van der Waals surface area contributed by atoms with Gasteiger partial charge in [-0.3, -0.25) is 9.69 Å². The van der Waals surface area contributed by atoms with Gasteiger partial charge in [0.15, 0.2) is 0 Å². The first-order valence-corrected chi connectivity index (χ1v) is 10.8. The van der Waals surface area contributed by atoms with E-state index in [1.54, 1.807) is 12.1 Å². The van der Waals surface area contributed by atoms with Crippen molar-refractivity contribution in [1.29, 1.82) is 0 Å². The third kappa shape index (κ3) is 5.52. The summed E-state index contributed by atoms with van der Waals surface area (Å²) in [6.45, 7) is 3.38. The molecule has 9 heteroatoms. The number of carbonyl (C=O) groups excluding carboxylic acids is 1. The van der Waals surface area contributed by atoms with Gasteiger partial charge in [0.1, 0.15) is 0 Å². The zero-order valence-corrected chi connectivity index (χ0v) is 17.0. The molecule has 3 rings (SSSR count). The quantitative estimate of drug-likeness (QED) is 0.721. The first-order chi connectivity index (χ1) is 12.8. The number of nitrogens with one attached hydrogen (secondary N) is 1. The molecule has 0 spiro atoms. The number of hydrogen-bond donors (Lipinski definition) is 2. The van der Waals surface area contributed by atoms with Crippen LogP contribution in [0, 0.1) is 0 Å². The number of hydrogen-bond acceptors (Lipinski definition) is 5. The Hall–Kier alpha value is -1.94. The molecule has 0 aromatic heterocycles. The molecule has 1 fully saturated rings. The van der Waals surface area contributed by atoms with Gasteiger partial charge in [-0.2, -0.15) is 0 Å². The molecule has 1 aliphatic rings. The second-order valence-electron chi connectivity index (χ2n) is 6.36. The van der Waals surface area contributed by atoms with Gasteiger partial charge < -0.3 is 10.2 Å². The Balaban J connectivity index is 1.50. The molecule has 27 heavy (non-hydrogen) atoms. The Bertz CT molecular complexity index is 893. The van der Waals surface area contributed by atoms with E-state index in [2.05, 4.69) is 31.0 Å². The number of benzene rings is 2. The number of piperazine rings is 1. The highest BCUT2D eigenvalue weighted by atomic mass is 79.9. The van der Waals surface area contributed by atoms with E-state index >= 15 is 0 Å². The second kappa shape index (κ2) is 8.39. The number of sulfonamides is 1. The Kier molecular flexibility index (Phi) is 6.15. The summed E-state index contributed by atoms with van der Waals surface area (Å²) >= 11 is 3.37. The number of carbonyl (C=O) groups is 1. The van der Waals surface area contributed by atoms with Gasteiger partial charge in [0, 0.05) is 42.0 Å². The molecule has 3 N–H and O–H groups in total. The zero-order valence-electron chi connectivity index (χ0n) is 14.6. The summed E-state index contributed by atoms with van der Waals surface area (Å²) in [4.78, 5) is 16.6. The highest BCUT2D eigenvalue weighted by molar-refractivity contribution is 9.10. The van der Waals surface area contributed by atoms with Crippen LogP contribution in [-0.2, 0) is 14.8 Å². The topological polar surface area (TPSA) is 95.7 Å². The lowest BCUT2D eigenvalue weighted by Crippen LogP contribution is -2.48. The summed E-state index contributed by atoms with van der Waals surface area (Å²) in [5, 5.41) is 8.02. The maximum atomic E-state index is 12.2. The predicted molar refractivity (Wildman–Crippen MR) is 109 cm³/mol. The van der Waals surface area contributed by atoms with Crippen molar-refractivity contribution in [1.82, 2.24) is 4.90 Å². The fourth-order valence-corrected chi connectivity index (χ4v) is 3.73. The van der Waals surface area contributed by atoms with Crippen LogP contribution in [0.15, 0.2) is 57.9 Å². The summed E-state index contributed by atoms with van der Waals surface area (Å²) in [5.41, 5.74) is 1.72. The number of halogens is 1. The molecule has 0 bridgehead atoms. The van der Waals surface area contributed by atoms with Crippen molar-refractivity contribution < 1.29 is 13.2 Å². The van der Waals surface area contributed by atoms with Gasteiger partial charge in [0.2, 0.25) is 15.9 Å². The van der Waals surface area contributed by atoms with E-state index in [-0.39, 0.29) is 10.8 Å². The van der Waals surface area contributed by atoms with Crippen LogP contribution in [0.4, 0.5) is 11.4 Å². The Morgan fingerprint density at radius 1 is 1.00 bits per heavy atom. The monoisotopic (exact) mass is 452 g/mol. The molecule has 0 unspecified atom stereocenters. The van der Waals surface area contributed by atoms with Crippen LogP contribution >= 0.6 is 15.9 Å². The van der Waals surface area contributed by atoms with Crippen LogP contribution in [-0.4, -0.2) is 51.9 Å². The molecule has 0 saturated carbocycles. The zero-order chi connectivity index (χ0) is 19.4. The highest BCUT2D eigenvalue weighted by Gasteiger charge is 2.19. The van der Waals surface area contributed by atoms with Crippen molar-refractivity contribution in [2.24, 2.45) is 5.14 Å². The molecule has 2 aromatic rings. The predicted octanol–water partition coefficient (Wildman–Crippen LogP) is 1.86. The Labute approximate surface area is 167 Å². The first kappa shape index (κ1) is 19.8. The first-order valence-electron chi connectivity index (χ1n) is 8.47. The summed E-state index contributed by atoms with van der Waals surface area (Å²) in [5.74, 6) is -0.0386. The molecule has 1 saturated heterocycles. The molecule has 144 valence electrons. The number of nitrogens with two attached hydrogens (primary N) is 1. The molecule has 1 heterocycles. The second-order valence-corrected chi connectivity index (χ2v) is 8.83. The number of anilines is 2. The molecule has 2 aromatic carbocycles. The van der Waals surface area contributed by atoms with Crippen molar-refractivity contribution in [3.05, 3.63) is 53.0 Å². The third-order valence-electron chi connectivity index (χ3n) is 4.40. The lowest BCUT2D eigenvalue weighted by atomic mass is 10.2. The van der Waals surface area contributed by atoms with E-state index in [0.717, 1.165) is 42.0 Å². The maximum Gasteiger partial charge on any atom is 0.238 e. The molecule has 0 aliphatic carbocycles. The number of nitrogens with zero attached hydrogens (tertiary/aromatic N) is 2. The number of primary sulfonamides is 1. The molecule has 0 atom stereocenters. The summed E-state index contributed by atoms with van der Waals surface area (Å²) in [7, 11) is -3.67. The minimum Gasteiger partial charge on any atom is -0.369 e. The SMILES string of the molecule is NS(=O)(=O)c1ccc(N2CCN(CC(=O)Nc3ccc(Br)cc3)CC2)cc1. The normalized spacial score (nSPS) is 15.6. The van der Waals surface area contributed by atoms with E-state index in [1.807, 2.05) is 24.3 Å². The summed E-state index contributed by atoms with van der Waals surface area (Å²) < 4.78 is 23.6. The van der Waals surface area contributed by atoms with Crippen LogP contribution < -0.4 is 15.4 Å². The van der Waals surface area contributed by atoms with E-state index in [1.165, 1.54) is 12.1 Å². The van der Waals surface area contributed by atoms with Gasteiger partial charge in [-0.05, 0) is 48.5 Å². The summed E-state index contributed by atoms with van der Waals surface area (Å²) in [6.07, 6.45) is 0. The fourth-order valence-electron chi connectivity index (χ4n) is 2.95. The van der Waals surface area contributed by atoms with Crippen LogP contribution in [0.3, 0.4) is 0 Å². The van der Waals surface area contributed by atoms with Gasteiger partial charge in [-0.25, -0.2) is 13.6 Å². The van der Waals surface area contributed by atoms with Gasteiger partial charge in [0.25, 0.3) is 0 Å². The Morgan fingerprint density at radius 3 is 2.15 bits per heavy atom. The van der Waals surface area contributed by atoms with Crippen molar-refractivity contribution >= 4 is 43.2 Å². The molecular weight excluding hydrogens is 432 g/mol. The minimum atomic E-state index is -3.67. The van der Waals surface area contributed by atoms with Crippen LogP contribution in [0.2, 0.25) is 0 Å². The highest BCUT2D eigenvalue weighted by Crippen LogP contribution is 2.19. The number of rotatable bonds is 5. The van der Waals surface area contributed by atoms with Crippen molar-refractivity contribution in [3.63, 3.8) is 0 Å². The molecular formula is C18H21BrN4O3S. The van der Waals surface area contributed by atoms with E-state index in [0.29, 0.717) is 6.54 Å². The maximum absolute atomic E-state index is 12.2. The molecule has 1 aliphatic heterocycles. The average Bonchev–Trinajstić information content (AvgIpc) is 2.64. The van der Waals surface area contributed by atoms with Gasteiger partial charge in [-0.15, -0.1) is 0 Å². The third-order valence-corrected chi connectivity index (χ3v) is 5.86. The van der Waals surface area contributed by atoms with E-state index in [9.17, 15) is 13.2 Å². The van der Waals surface area contributed by atoms with Gasteiger partial charge in [-0.1, -0.05) is 15.9 Å². The standard InChI is InChI=1S/C18H21BrN4O3S/c19-14-1-3-15(4-2-14)21-18(24)13-22-9-11-23(12-10-22)16-5-7-17(8-6-16)27(20,25)26/h1-8H,9-13H2,(H,21,24)(H2,20,25,26). The minimum absolute atomic E-state index is 0.0386. The average molecular weight is 453 g/mol. The molecule has 7 nitrogen and oxygen atoms in total. The summed E-state index contributed by atoms with van der Waals surface area (Å²) in [6, 6.07) is 14.0. The van der Waals surface area contributed by atoms with Gasteiger partial charge in [0.05, 0.1) is 11.4 Å². The van der Waals surface area contributed by atoms with Crippen LogP contribution in [0.5, 0.6) is 0 Å². The number of amides is 1. The van der Waals surface area contributed by atoms with E-state index < -0.39 is 10.0 Å². The van der Waals surface area contributed by atoms with Crippen molar-refractivity contribution in [2.45, 2.75) is 4.90 Å². The lowest BCUT2D eigenvalue weighted by Gasteiger charge is -2.35. The molecule has 0 radical (unpaired) electrons. The van der Waals surface area contributed by atoms with E-state index in [4.69, 9.17) is 5.14 Å². The lowest BCUT2D eigenvalue weighted by molar-refractivity contribution is -0.117. The fraction of sp³-hybridized carbons (Fsp3) is 0.278. The van der Waals surface area contributed by atoms with Gasteiger partial charge >= 0.3 is 0 Å². The van der Waals surface area contributed by atoms with Crippen LogP contribution in [0.25, 0.3) is 0 Å². The van der Waals surface area contributed by atoms with Crippen LogP contribution in [0.1, 0.15) is 0 Å².